The number of alkyl halides is 3. The fourth-order valence-corrected chi connectivity index (χ4v) is 1.01. The molecule has 1 nitrogen and oxygen atoms in total. The molecule has 0 N–H and O–H groups in total. The van der Waals surface area contributed by atoms with Crippen molar-refractivity contribution in [2.45, 2.75) is 26.4 Å². The summed E-state index contributed by atoms with van der Waals surface area (Å²) in [4.78, 5) is 0. The van der Waals surface area contributed by atoms with Crippen molar-refractivity contribution in [3.8, 4) is 0 Å². The van der Waals surface area contributed by atoms with Crippen LogP contribution in [0.1, 0.15) is 20.3 Å². The molecule has 86 valence electrons. The Bertz CT molecular complexity index is 285. The minimum Gasteiger partial charge on any atom is -0.497 e. The first-order valence-electron chi connectivity index (χ1n) is 4.54. The number of hydrogen-bond donors (Lipinski definition) is 0. The van der Waals surface area contributed by atoms with Crippen LogP contribution in [0, 0.1) is 0 Å². The monoisotopic (exact) mass is 220 g/mol. The largest absolute Gasteiger partial charge is 0.497 e. The molecule has 0 radical (unpaired) electrons. The van der Waals surface area contributed by atoms with Gasteiger partial charge in [-0.25, -0.2) is 0 Å². The van der Waals surface area contributed by atoms with Gasteiger partial charge >= 0.3 is 6.18 Å². The van der Waals surface area contributed by atoms with E-state index in [2.05, 4.69) is 11.3 Å². The zero-order chi connectivity index (χ0) is 12.1. The van der Waals surface area contributed by atoms with E-state index in [1.807, 2.05) is 0 Å². The van der Waals surface area contributed by atoms with Gasteiger partial charge in [0.05, 0.1) is 12.7 Å². The van der Waals surface area contributed by atoms with Crippen molar-refractivity contribution in [3.63, 3.8) is 0 Å². The number of halogens is 3. The highest BCUT2D eigenvalue weighted by Gasteiger charge is 2.36. The third-order valence-corrected chi connectivity index (χ3v) is 1.96. The van der Waals surface area contributed by atoms with Gasteiger partial charge in [0.1, 0.15) is 5.76 Å². The summed E-state index contributed by atoms with van der Waals surface area (Å²) in [5.74, 6) is -0.365. The molecule has 0 atom stereocenters. The Labute approximate surface area is 87.9 Å². The van der Waals surface area contributed by atoms with E-state index in [1.54, 1.807) is 19.9 Å². The van der Waals surface area contributed by atoms with Crippen LogP contribution in [0.3, 0.4) is 0 Å². The first kappa shape index (κ1) is 13.8. The average molecular weight is 220 g/mol. The third-order valence-electron chi connectivity index (χ3n) is 1.96. The Hall–Kier alpha value is -1.19. The predicted octanol–water partition coefficient (Wildman–Crippen LogP) is 3.99. The van der Waals surface area contributed by atoms with Crippen LogP contribution in [0.25, 0.3) is 0 Å². The summed E-state index contributed by atoms with van der Waals surface area (Å²) in [6, 6.07) is 0. The topological polar surface area (TPSA) is 9.23 Å². The molecule has 0 saturated carbocycles. The van der Waals surface area contributed by atoms with E-state index in [0.717, 1.165) is 6.08 Å². The lowest BCUT2D eigenvalue weighted by molar-refractivity contribution is -0.0931. The molecule has 0 bridgehead atoms. The number of ether oxygens (including phenoxy) is 1. The molecule has 0 aliphatic heterocycles. The molecule has 0 spiro atoms. The molecule has 0 saturated heterocycles. The first-order valence-corrected chi connectivity index (χ1v) is 4.54. The Morgan fingerprint density at radius 1 is 1.40 bits per heavy atom. The van der Waals surface area contributed by atoms with Gasteiger partial charge in [-0.15, -0.1) is 0 Å². The smallest absolute Gasteiger partial charge is 0.419 e. The Morgan fingerprint density at radius 2 is 1.93 bits per heavy atom. The number of hydrogen-bond acceptors (Lipinski definition) is 1. The summed E-state index contributed by atoms with van der Waals surface area (Å²) < 4.78 is 42.2. The lowest BCUT2D eigenvalue weighted by Gasteiger charge is -2.13. The van der Waals surface area contributed by atoms with E-state index in [4.69, 9.17) is 0 Å². The summed E-state index contributed by atoms with van der Waals surface area (Å²) in [6.45, 7) is 6.70. The zero-order valence-corrected chi connectivity index (χ0v) is 9.11. The SMILES string of the molecule is C=C(OC)/C(=C\C(=C/C)CC)C(F)(F)F. The van der Waals surface area contributed by atoms with Crippen molar-refractivity contribution >= 4 is 0 Å². The van der Waals surface area contributed by atoms with Gasteiger partial charge in [0, 0.05) is 0 Å². The van der Waals surface area contributed by atoms with Gasteiger partial charge in [-0.1, -0.05) is 25.2 Å². The summed E-state index contributed by atoms with van der Waals surface area (Å²) >= 11 is 0. The fraction of sp³-hybridized carbons (Fsp3) is 0.455. The first-order chi connectivity index (χ1) is 6.86. The highest BCUT2D eigenvalue weighted by Crippen LogP contribution is 2.32. The van der Waals surface area contributed by atoms with Crippen LogP contribution < -0.4 is 0 Å². The molecule has 0 fully saturated rings. The molecule has 0 aliphatic rings. The highest BCUT2D eigenvalue weighted by molar-refractivity contribution is 5.35. The van der Waals surface area contributed by atoms with Gasteiger partial charge in [0.15, 0.2) is 0 Å². The predicted molar refractivity (Wildman–Crippen MR) is 54.3 cm³/mol. The van der Waals surface area contributed by atoms with Crippen molar-refractivity contribution in [1.29, 1.82) is 0 Å². The zero-order valence-electron chi connectivity index (χ0n) is 9.11. The third kappa shape index (κ3) is 4.23. The van der Waals surface area contributed by atoms with Crippen LogP contribution in [0.15, 0.2) is 35.6 Å². The van der Waals surface area contributed by atoms with Crippen LogP contribution in [0.4, 0.5) is 13.2 Å². The molecule has 0 aliphatic carbocycles. The maximum atomic E-state index is 12.6. The summed E-state index contributed by atoms with van der Waals surface area (Å²) in [5, 5.41) is 0. The summed E-state index contributed by atoms with van der Waals surface area (Å²) in [5.41, 5.74) is -0.236. The molecule has 0 heterocycles. The second-order valence-electron chi connectivity index (χ2n) is 2.90. The van der Waals surface area contributed by atoms with Gasteiger partial charge in [-0.2, -0.15) is 13.2 Å². The lowest BCUT2D eigenvalue weighted by atomic mass is 10.1. The summed E-state index contributed by atoms with van der Waals surface area (Å²) in [6.07, 6.45) is -1.20. The quantitative estimate of drug-likeness (QED) is 0.514. The van der Waals surface area contributed by atoms with E-state index < -0.39 is 11.7 Å². The standard InChI is InChI=1S/C11H15F3O/c1-5-9(6-2)7-10(8(3)15-4)11(12,13)14/h5,7H,3,6H2,1-2,4H3/b9-5-,10-7+. The Balaban J connectivity index is 5.21. The summed E-state index contributed by atoms with van der Waals surface area (Å²) in [7, 11) is 1.17. The van der Waals surface area contributed by atoms with Crippen LogP contribution >= 0.6 is 0 Å². The number of allylic oxidation sites excluding steroid dienone is 4. The number of rotatable bonds is 4. The molecular formula is C11H15F3O. The second kappa shape index (κ2) is 5.63. The molecule has 4 heteroatoms. The van der Waals surface area contributed by atoms with Crippen molar-refractivity contribution in [2.75, 3.05) is 7.11 Å². The molecular weight excluding hydrogens is 205 g/mol. The van der Waals surface area contributed by atoms with Crippen LogP contribution in [0.5, 0.6) is 0 Å². The maximum Gasteiger partial charge on any atom is 0.419 e. The van der Waals surface area contributed by atoms with E-state index in [1.165, 1.54) is 7.11 Å². The molecule has 0 unspecified atom stereocenters. The van der Waals surface area contributed by atoms with Crippen LogP contribution in [-0.4, -0.2) is 13.3 Å². The van der Waals surface area contributed by atoms with Crippen molar-refractivity contribution in [3.05, 3.63) is 35.6 Å². The van der Waals surface area contributed by atoms with Gasteiger partial charge < -0.3 is 4.74 Å². The average Bonchev–Trinajstić information content (AvgIpc) is 2.16. The molecule has 15 heavy (non-hydrogen) atoms. The molecule has 0 aromatic rings. The van der Waals surface area contributed by atoms with E-state index in [9.17, 15) is 13.2 Å². The van der Waals surface area contributed by atoms with Crippen LogP contribution in [-0.2, 0) is 4.74 Å². The van der Waals surface area contributed by atoms with E-state index in [-0.39, 0.29) is 5.76 Å². The van der Waals surface area contributed by atoms with E-state index >= 15 is 0 Å². The van der Waals surface area contributed by atoms with E-state index in [0.29, 0.717) is 12.0 Å². The maximum absolute atomic E-state index is 12.6. The molecule has 0 amide bonds. The Morgan fingerprint density at radius 3 is 2.20 bits per heavy atom. The highest BCUT2D eigenvalue weighted by atomic mass is 19.4. The van der Waals surface area contributed by atoms with Crippen LogP contribution in [0.2, 0.25) is 0 Å². The Kier molecular flexibility index (Phi) is 5.19. The molecule has 0 aromatic carbocycles. The van der Waals surface area contributed by atoms with Gasteiger partial charge in [0.2, 0.25) is 0 Å². The fourth-order valence-electron chi connectivity index (χ4n) is 1.01. The number of methoxy groups -OCH3 is 1. The van der Waals surface area contributed by atoms with Crippen molar-refractivity contribution in [1.82, 2.24) is 0 Å². The normalized spacial score (nSPS) is 14.0. The minimum atomic E-state index is -4.43. The van der Waals surface area contributed by atoms with Crippen molar-refractivity contribution in [2.24, 2.45) is 0 Å². The van der Waals surface area contributed by atoms with Gasteiger partial charge in [-0.05, 0) is 19.4 Å². The van der Waals surface area contributed by atoms with Gasteiger partial charge in [-0.3, -0.25) is 0 Å². The van der Waals surface area contributed by atoms with Gasteiger partial charge in [0.25, 0.3) is 0 Å². The molecule has 0 aromatic heterocycles. The van der Waals surface area contributed by atoms with Crippen molar-refractivity contribution < 1.29 is 17.9 Å². The second-order valence-corrected chi connectivity index (χ2v) is 2.90. The lowest BCUT2D eigenvalue weighted by Crippen LogP contribution is -2.14. The molecule has 0 rings (SSSR count). The minimum absolute atomic E-state index is 0.365.